The maximum absolute atomic E-state index is 13.9. The van der Waals surface area contributed by atoms with Crippen molar-refractivity contribution < 1.29 is 26.7 Å². The minimum atomic E-state index is -4.21. The number of hydrogen-bond donors (Lipinski definition) is 0. The molecular weight excluding hydrogens is 328 g/mol. The van der Waals surface area contributed by atoms with E-state index in [1.54, 1.807) is 6.92 Å². The summed E-state index contributed by atoms with van der Waals surface area (Å²) in [5.41, 5.74) is 0. The predicted molar refractivity (Wildman–Crippen MR) is 79.1 cm³/mol. The molecule has 5 nitrogen and oxygen atoms in total. The van der Waals surface area contributed by atoms with E-state index in [1.807, 2.05) is 0 Å². The summed E-state index contributed by atoms with van der Waals surface area (Å²) in [7, 11) is -4.21. The molecule has 0 N–H and O–H groups in total. The molecule has 2 rings (SSSR count). The predicted octanol–water partition coefficient (Wildman–Crippen LogP) is 2.46. The van der Waals surface area contributed by atoms with Crippen molar-refractivity contribution in [1.29, 1.82) is 0 Å². The van der Waals surface area contributed by atoms with Gasteiger partial charge in [-0.3, -0.25) is 4.79 Å². The molecule has 0 spiro atoms. The second kappa shape index (κ2) is 7.35. The van der Waals surface area contributed by atoms with Crippen LogP contribution < -0.4 is 0 Å². The molecule has 8 heteroatoms. The molecule has 1 saturated heterocycles. The van der Waals surface area contributed by atoms with E-state index < -0.39 is 38.6 Å². The van der Waals surface area contributed by atoms with Gasteiger partial charge in [0, 0.05) is 12.6 Å². The van der Waals surface area contributed by atoms with Crippen molar-refractivity contribution in [1.82, 2.24) is 4.31 Å². The molecule has 1 atom stereocenters. The highest BCUT2D eigenvalue weighted by Crippen LogP contribution is 2.29. The van der Waals surface area contributed by atoms with E-state index in [2.05, 4.69) is 0 Å². The molecule has 0 aromatic heterocycles. The Bertz CT molecular complexity index is 678. The van der Waals surface area contributed by atoms with Gasteiger partial charge in [0.25, 0.3) is 0 Å². The first-order chi connectivity index (χ1) is 10.9. The Morgan fingerprint density at radius 1 is 1.35 bits per heavy atom. The standard InChI is InChI=1S/C15H19F2NO4S/c1-2-22-15(19)10-12-5-3-4-8-18(12)23(20,21)14-9-11(16)6-7-13(14)17/h6-7,9,12H,2-5,8,10H2,1H3. The Balaban J connectivity index is 2.31. The van der Waals surface area contributed by atoms with Crippen LogP contribution in [0.25, 0.3) is 0 Å². The topological polar surface area (TPSA) is 63.7 Å². The lowest BCUT2D eigenvalue weighted by molar-refractivity contribution is -0.144. The zero-order valence-electron chi connectivity index (χ0n) is 12.8. The number of halogens is 2. The van der Waals surface area contributed by atoms with Gasteiger partial charge in [0.15, 0.2) is 0 Å². The van der Waals surface area contributed by atoms with Gasteiger partial charge < -0.3 is 4.74 Å². The summed E-state index contributed by atoms with van der Waals surface area (Å²) in [5, 5.41) is 0. The monoisotopic (exact) mass is 347 g/mol. The van der Waals surface area contributed by atoms with E-state index in [0.29, 0.717) is 18.9 Å². The molecule has 1 aliphatic heterocycles. The van der Waals surface area contributed by atoms with E-state index in [4.69, 9.17) is 4.74 Å². The van der Waals surface area contributed by atoms with Gasteiger partial charge in [0.2, 0.25) is 10.0 Å². The molecule has 1 aliphatic rings. The van der Waals surface area contributed by atoms with Crippen LogP contribution in [0.15, 0.2) is 23.1 Å². The minimum Gasteiger partial charge on any atom is -0.466 e. The molecule has 0 aliphatic carbocycles. The van der Waals surface area contributed by atoms with Crippen LogP contribution in [0, 0.1) is 11.6 Å². The summed E-state index contributed by atoms with van der Waals surface area (Å²) >= 11 is 0. The molecule has 0 saturated carbocycles. The highest BCUT2D eigenvalue weighted by Gasteiger charge is 2.36. The van der Waals surface area contributed by atoms with Crippen LogP contribution in [-0.2, 0) is 19.6 Å². The highest BCUT2D eigenvalue weighted by molar-refractivity contribution is 7.89. The van der Waals surface area contributed by atoms with Crippen LogP contribution >= 0.6 is 0 Å². The smallest absolute Gasteiger partial charge is 0.307 e. The van der Waals surface area contributed by atoms with E-state index in [9.17, 15) is 22.0 Å². The fourth-order valence-corrected chi connectivity index (χ4v) is 4.48. The second-order valence-corrected chi connectivity index (χ2v) is 7.21. The molecular formula is C15H19F2NO4S. The van der Waals surface area contributed by atoms with Crippen molar-refractivity contribution in [2.75, 3.05) is 13.2 Å². The first-order valence-corrected chi connectivity index (χ1v) is 8.92. The van der Waals surface area contributed by atoms with Gasteiger partial charge in [-0.15, -0.1) is 0 Å². The van der Waals surface area contributed by atoms with Gasteiger partial charge in [-0.1, -0.05) is 6.42 Å². The second-order valence-electron chi connectivity index (χ2n) is 5.35. The Kier molecular flexibility index (Phi) is 5.69. The van der Waals surface area contributed by atoms with Crippen molar-refractivity contribution in [3.05, 3.63) is 29.8 Å². The number of benzene rings is 1. The Morgan fingerprint density at radius 2 is 2.09 bits per heavy atom. The van der Waals surface area contributed by atoms with Crippen molar-refractivity contribution in [2.45, 2.75) is 43.5 Å². The van der Waals surface area contributed by atoms with E-state index in [1.165, 1.54) is 0 Å². The Morgan fingerprint density at radius 3 is 2.78 bits per heavy atom. The number of piperidine rings is 1. The summed E-state index contributed by atoms with van der Waals surface area (Å²) in [6, 6.07) is 1.71. The third-order valence-corrected chi connectivity index (χ3v) is 5.73. The van der Waals surface area contributed by atoms with Crippen LogP contribution in [0.2, 0.25) is 0 Å². The van der Waals surface area contributed by atoms with Gasteiger partial charge in [-0.25, -0.2) is 17.2 Å². The maximum atomic E-state index is 13.9. The number of nitrogens with zero attached hydrogens (tertiary/aromatic N) is 1. The molecule has 128 valence electrons. The summed E-state index contributed by atoms with van der Waals surface area (Å²) in [6.07, 6.45) is 1.76. The van der Waals surface area contributed by atoms with Gasteiger partial charge in [0.05, 0.1) is 13.0 Å². The zero-order chi connectivity index (χ0) is 17.0. The first-order valence-electron chi connectivity index (χ1n) is 7.48. The average molecular weight is 347 g/mol. The fraction of sp³-hybridized carbons (Fsp3) is 0.533. The highest BCUT2D eigenvalue weighted by atomic mass is 32.2. The van der Waals surface area contributed by atoms with Crippen molar-refractivity contribution >= 4 is 16.0 Å². The van der Waals surface area contributed by atoms with Gasteiger partial charge in [-0.2, -0.15) is 4.31 Å². The lowest BCUT2D eigenvalue weighted by atomic mass is 10.0. The summed E-state index contributed by atoms with van der Waals surface area (Å²) in [6.45, 7) is 2.04. The number of rotatable bonds is 5. The molecule has 23 heavy (non-hydrogen) atoms. The number of sulfonamides is 1. The molecule has 1 fully saturated rings. The first kappa shape index (κ1) is 17.8. The lowest BCUT2D eigenvalue weighted by Gasteiger charge is -2.34. The summed E-state index contributed by atoms with van der Waals surface area (Å²) in [4.78, 5) is 11.0. The molecule has 0 amide bonds. The summed E-state index contributed by atoms with van der Waals surface area (Å²) in [5.74, 6) is -2.34. The quantitative estimate of drug-likeness (QED) is 0.768. The molecule has 1 aromatic carbocycles. The van der Waals surface area contributed by atoms with Crippen LogP contribution in [-0.4, -0.2) is 37.9 Å². The van der Waals surface area contributed by atoms with E-state index in [-0.39, 0.29) is 19.6 Å². The van der Waals surface area contributed by atoms with Gasteiger partial charge in [0.1, 0.15) is 16.5 Å². The normalized spacial score (nSPS) is 19.5. The van der Waals surface area contributed by atoms with Crippen molar-refractivity contribution in [2.24, 2.45) is 0 Å². The van der Waals surface area contributed by atoms with E-state index >= 15 is 0 Å². The molecule has 1 heterocycles. The molecule has 1 unspecified atom stereocenters. The van der Waals surface area contributed by atoms with Crippen LogP contribution in [0.1, 0.15) is 32.6 Å². The average Bonchev–Trinajstić information content (AvgIpc) is 2.50. The van der Waals surface area contributed by atoms with Crippen LogP contribution in [0.4, 0.5) is 8.78 Å². The Hall–Kier alpha value is -1.54. The fourth-order valence-electron chi connectivity index (χ4n) is 2.71. The maximum Gasteiger partial charge on any atom is 0.307 e. The number of carbonyl (C=O) groups excluding carboxylic acids is 1. The van der Waals surface area contributed by atoms with Gasteiger partial charge >= 0.3 is 5.97 Å². The Labute approximate surface area is 134 Å². The van der Waals surface area contributed by atoms with E-state index in [0.717, 1.165) is 22.9 Å². The molecule has 1 aromatic rings. The van der Waals surface area contributed by atoms with Crippen molar-refractivity contribution in [3.63, 3.8) is 0 Å². The zero-order valence-corrected chi connectivity index (χ0v) is 13.6. The third-order valence-electron chi connectivity index (χ3n) is 3.76. The molecule has 0 radical (unpaired) electrons. The largest absolute Gasteiger partial charge is 0.466 e. The van der Waals surface area contributed by atoms with Crippen molar-refractivity contribution in [3.8, 4) is 0 Å². The molecule has 0 bridgehead atoms. The van der Waals surface area contributed by atoms with Crippen LogP contribution in [0.3, 0.4) is 0 Å². The summed E-state index contributed by atoms with van der Waals surface area (Å²) < 4.78 is 58.5. The van der Waals surface area contributed by atoms with Gasteiger partial charge in [-0.05, 0) is 38.0 Å². The number of esters is 1. The number of ether oxygens (including phenoxy) is 1. The number of hydrogen-bond acceptors (Lipinski definition) is 4. The number of carbonyl (C=O) groups is 1. The third kappa shape index (κ3) is 4.06. The lowest BCUT2D eigenvalue weighted by Crippen LogP contribution is -2.45. The van der Waals surface area contributed by atoms with Crippen LogP contribution in [0.5, 0.6) is 0 Å². The minimum absolute atomic E-state index is 0.0932. The SMILES string of the molecule is CCOC(=O)CC1CCCCN1S(=O)(=O)c1cc(F)ccc1F.